The molecule has 1 N–H and O–H groups in total. The monoisotopic (exact) mass is 371 g/mol. The first-order valence-corrected chi connectivity index (χ1v) is 9.15. The predicted octanol–water partition coefficient (Wildman–Crippen LogP) is 2.75. The van der Waals surface area contributed by atoms with Crippen LogP contribution in [-0.2, 0) is 20.7 Å². The molecule has 0 unspecified atom stereocenters. The van der Waals surface area contributed by atoms with Crippen LogP contribution in [0.2, 0.25) is 0 Å². The molecule has 0 atom stereocenters. The Hall–Kier alpha value is -2.51. The molecule has 2 aromatic rings. The van der Waals surface area contributed by atoms with E-state index < -0.39 is 5.79 Å². The molecule has 2 aliphatic rings. The summed E-state index contributed by atoms with van der Waals surface area (Å²) < 4.78 is 24.7. The van der Waals surface area contributed by atoms with E-state index in [4.69, 9.17) is 9.47 Å². The van der Waals surface area contributed by atoms with Gasteiger partial charge in [-0.15, -0.1) is 0 Å². The fourth-order valence-corrected chi connectivity index (χ4v) is 3.56. The van der Waals surface area contributed by atoms with Crippen molar-refractivity contribution in [3.63, 3.8) is 0 Å². The Balaban J connectivity index is 1.32. The zero-order valence-electron chi connectivity index (χ0n) is 15.0. The maximum atomic E-state index is 13.2. The lowest BCUT2D eigenvalue weighted by atomic mass is 10.0. The average molecular weight is 371 g/mol. The number of pyridine rings is 1. The van der Waals surface area contributed by atoms with Crippen LogP contribution in [0.5, 0.6) is 0 Å². The van der Waals surface area contributed by atoms with Crippen LogP contribution in [0.25, 0.3) is 0 Å². The number of hydrogen-bond donors (Lipinski definition) is 1. The Morgan fingerprint density at radius 1 is 1.19 bits per heavy atom. The fraction of sp³-hybridized carbons (Fsp3) is 0.400. The third-order valence-corrected chi connectivity index (χ3v) is 4.97. The lowest BCUT2D eigenvalue weighted by Gasteiger charge is -2.38. The van der Waals surface area contributed by atoms with Gasteiger partial charge in [-0.1, -0.05) is 12.1 Å². The van der Waals surface area contributed by atoms with Crippen molar-refractivity contribution in [1.82, 2.24) is 4.98 Å². The third-order valence-electron chi connectivity index (χ3n) is 4.97. The number of nitrogens with one attached hydrogen (secondary N) is 1. The van der Waals surface area contributed by atoms with E-state index in [9.17, 15) is 9.18 Å². The summed E-state index contributed by atoms with van der Waals surface area (Å²) in [7, 11) is 0. The smallest absolute Gasteiger partial charge is 0.229 e. The highest BCUT2D eigenvalue weighted by molar-refractivity contribution is 5.91. The lowest BCUT2D eigenvalue weighted by molar-refractivity contribution is -0.169. The number of halogens is 1. The zero-order chi connectivity index (χ0) is 18.7. The van der Waals surface area contributed by atoms with Crippen molar-refractivity contribution in [2.75, 3.05) is 36.5 Å². The summed E-state index contributed by atoms with van der Waals surface area (Å²) in [5.41, 5.74) is 1.63. The fourth-order valence-electron chi connectivity index (χ4n) is 3.56. The molecule has 0 radical (unpaired) electrons. The largest absolute Gasteiger partial charge is 0.370 e. The van der Waals surface area contributed by atoms with Crippen LogP contribution in [0.15, 0.2) is 42.6 Å². The second-order valence-electron chi connectivity index (χ2n) is 6.85. The van der Waals surface area contributed by atoms with E-state index in [2.05, 4.69) is 15.2 Å². The molecule has 1 aromatic carbocycles. The first-order valence-electron chi connectivity index (χ1n) is 9.15. The normalized spacial score (nSPS) is 18.6. The van der Waals surface area contributed by atoms with Gasteiger partial charge in [0, 0.05) is 25.9 Å². The van der Waals surface area contributed by atoms with Gasteiger partial charge in [0.25, 0.3) is 0 Å². The van der Waals surface area contributed by atoms with Crippen molar-refractivity contribution < 1.29 is 18.7 Å². The van der Waals surface area contributed by atoms with Crippen LogP contribution in [0.1, 0.15) is 18.4 Å². The molecule has 0 aliphatic carbocycles. The average Bonchev–Trinajstić information content (AvgIpc) is 3.11. The Kier molecular flexibility index (Phi) is 5.05. The number of piperidine rings is 1. The summed E-state index contributed by atoms with van der Waals surface area (Å²) in [5, 5.41) is 2.75. The molecule has 6 nitrogen and oxygen atoms in total. The minimum Gasteiger partial charge on any atom is -0.370 e. The van der Waals surface area contributed by atoms with Crippen LogP contribution in [0, 0.1) is 5.82 Å². The molecule has 0 saturated carbocycles. The van der Waals surface area contributed by atoms with Crippen LogP contribution in [0.3, 0.4) is 0 Å². The van der Waals surface area contributed by atoms with Crippen molar-refractivity contribution in [2.24, 2.45) is 0 Å². The topological polar surface area (TPSA) is 63.7 Å². The molecule has 27 heavy (non-hydrogen) atoms. The molecule has 0 bridgehead atoms. The minimum atomic E-state index is -0.394. The van der Waals surface area contributed by atoms with E-state index in [-0.39, 0.29) is 18.1 Å². The van der Waals surface area contributed by atoms with Crippen molar-refractivity contribution in [3.8, 4) is 0 Å². The summed E-state index contributed by atoms with van der Waals surface area (Å²) in [5.74, 6) is -0.485. The molecule has 1 aromatic heterocycles. The highest BCUT2D eigenvalue weighted by atomic mass is 19.1. The maximum Gasteiger partial charge on any atom is 0.229 e. The second-order valence-corrected chi connectivity index (χ2v) is 6.85. The van der Waals surface area contributed by atoms with Gasteiger partial charge >= 0.3 is 0 Å². The van der Waals surface area contributed by atoms with E-state index in [1.165, 1.54) is 12.1 Å². The quantitative estimate of drug-likeness (QED) is 0.895. The predicted molar refractivity (Wildman–Crippen MR) is 99.1 cm³/mol. The summed E-state index contributed by atoms with van der Waals surface area (Å²) in [4.78, 5) is 18.7. The Morgan fingerprint density at radius 3 is 2.63 bits per heavy atom. The number of ether oxygens (including phenoxy) is 2. The zero-order valence-corrected chi connectivity index (χ0v) is 15.0. The summed E-state index contributed by atoms with van der Waals surface area (Å²) in [6.07, 6.45) is 3.53. The van der Waals surface area contributed by atoms with Gasteiger partial charge in [-0.25, -0.2) is 9.37 Å². The first-order chi connectivity index (χ1) is 13.1. The van der Waals surface area contributed by atoms with Crippen LogP contribution in [-0.4, -0.2) is 43.0 Å². The van der Waals surface area contributed by atoms with Gasteiger partial charge in [-0.3, -0.25) is 4.79 Å². The number of aromatic nitrogens is 1. The van der Waals surface area contributed by atoms with E-state index in [0.717, 1.165) is 31.6 Å². The van der Waals surface area contributed by atoms with Gasteiger partial charge in [0.05, 0.1) is 31.5 Å². The molecule has 7 heteroatoms. The number of nitrogens with zero attached hydrogens (tertiary/aromatic N) is 2. The third kappa shape index (κ3) is 4.26. The molecule has 3 heterocycles. The molecule has 2 saturated heterocycles. The molecular formula is C20H22FN3O3. The van der Waals surface area contributed by atoms with Gasteiger partial charge in [0.15, 0.2) is 5.79 Å². The molecule has 1 amide bonds. The van der Waals surface area contributed by atoms with Gasteiger partial charge < -0.3 is 19.7 Å². The Labute approximate surface area is 157 Å². The number of hydrogen-bond acceptors (Lipinski definition) is 5. The molecule has 4 rings (SSSR count). The van der Waals surface area contributed by atoms with Gasteiger partial charge in [-0.2, -0.15) is 0 Å². The number of carbonyl (C=O) groups is 1. The number of benzene rings is 1. The van der Waals surface area contributed by atoms with Crippen molar-refractivity contribution >= 4 is 17.4 Å². The Morgan fingerprint density at radius 2 is 1.96 bits per heavy atom. The van der Waals surface area contributed by atoms with Gasteiger partial charge in [0.1, 0.15) is 11.6 Å². The van der Waals surface area contributed by atoms with Crippen LogP contribution >= 0.6 is 0 Å². The molecule has 2 fully saturated rings. The second kappa shape index (κ2) is 7.62. The standard InChI is InChI=1S/C20H22FN3O3/c21-16-3-1-2-15(12-16)13-19(25)23-18-5-4-17(14-22-18)24-8-6-20(7-9-24)26-10-11-27-20/h1-5,12,14H,6-11,13H2,(H,22,23,25). The van der Waals surface area contributed by atoms with Gasteiger partial charge in [-0.05, 0) is 29.8 Å². The summed E-state index contributed by atoms with van der Waals surface area (Å²) in [6, 6.07) is 9.76. The number of anilines is 2. The maximum absolute atomic E-state index is 13.2. The molecular weight excluding hydrogens is 349 g/mol. The Bertz CT molecular complexity index is 796. The number of rotatable bonds is 4. The molecule has 2 aliphatic heterocycles. The van der Waals surface area contributed by atoms with Crippen LogP contribution < -0.4 is 10.2 Å². The lowest BCUT2D eigenvalue weighted by Crippen LogP contribution is -2.45. The summed E-state index contributed by atoms with van der Waals surface area (Å²) >= 11 is 0. The minimum absolute atomic E-state index is 0.107. The SMILES string of the molecule is O=C(Cc1cccc(F)c1)Nc1ccc(N2CCC3(CC2)OCCO3)cn1. The van der Waals surface area contributed by atoms with Crippen molar-refractivity contribution in [2.45, 2.75) is 25.0 Å². The van der Waals surface area contributed by atoms with Crippen LogP contribution in [0.4, 0.5) is 15.9 Å². The first kappa shape index (κ1) is 17.9. The van der Waals surface area contributed by atoms with Crippen molar-refractivity contribution in [1.29, 1.82) is 0 Å². The van der Waals surface area contributed by atoms with E-state index in [1.807, 2.05) is 6.07 Å². The number of amides is 1. The molecule has 142 valence electrons. The van der Waals surface area contributed by atoms with E-state index in [0.29, 0.717) is 24.6 Å². The van der Waals surface area contributed by atoms with Gasteiger partial charge in [0.2, 0.25) is 5.91 Å². The van der Waals surface area contributed by atoms with E-state index >= 15 is 0 Å². The van der Waals surface area contributed by atoms with Crippen molar-refractivity contribution in [3.05, 3.63) is 54.0 Å². The highest BCUT2D eigenvalue weighted by Crippen LogP contribution is 2.33. The highest BCUT2D eigenvalue weighted by Gasteiger charge is 2.39. The summed E-state index contributed by atoms with van der Waals surface area (Å²) in [6.45, 7) is 3.02. The number of carbonyl (C=O) groups excluding carboxylic acids is 1. The van der Waals surface area contributed by atoms with E-state index in [1.54, 1.807) is 24.4 Å². The molecule has 1 spiro atoms.